The zero-order valence-corrected chi connectivity index (χ0v) is 6.62. The highest BCUT2D eigenvalue weighted by molar-refractivity contribution is 6.45. The van der Waals surface area contributed by atoms with E-state index in [1.807, 2.05) is 12.1 Å². The van der Waals surface area contributed by atoms with Gasteiger partial charge in [0.05, 0.1) is 0 Å². The molecule has 0 unspecified atom stereocenters. The Morgan fingerprint density at radius 2 is 1.92 bits per heavy atom. The van der Waals surface area contributed by atoms with E-state index in [0.29, 0.717) is 13.2 Å². The standard InChI is InChI=1S/C8H9BO3/c10-9-6-1-2-7-8(5-6)12-4-3-11-7/h1-2,5,9-10H,3-4H2. The van der Waals surface area contributed by atoms with Crippen molar-refractivity contribution in [3.05, 3.63) is 18.2 Å². The van der Waals surface area contributed by atoms with Gasteiger partial charge < -0.3 is 14.5 Å². The first-order valence-corrected chi connectivity index (χ1v) is 3.89. The van der Waals surface area contributed by atoms with Crippen LogP contribution < -0.4 is 14.9 Å². The number of hydrogen-bond donors (Lipinski definition) is 1. The fourth-order valence-corrected chi connectivity index (χ4v) is 1.19. The minimum atomic E-state index is 0.0383. The van der Waals surface area contributed by atoms with Gasteiger partial charge in [-0.25, -0.2) is 0 Å². The molecule has 0 saturated heterocycles. The third-order valence-electron chi connectivity index (χ3n) is 1.79. The summed E-state index contributed by atoms with van der Waals surface area (Å²) < 4.78 is 10.6. The lowest BCUT2D eigenvalue weighted by molar-refractivity contribution is 0.172. The molecule has 4 heteroatoms. The van der Waals surface area contributed by atoms with Crippen molar-refractivity contribution in [1.29, 1.82) is 0 Å². The number of fused-ring (bicyclic) bond motifs is 1. The van der Waals surface area contributed by atoms with Gasteiger partial charge in [-0.3, -0.25) is 0 Å². The lowest BCUT2D eigenvalue weighted by Crippen LogP contribution is -2.19. The van der Waals surface area contributed by atoms with Crippen LogP contribution in [0.15, 0.2) is 18.2 Å². The van der Waals surface area contributed by atoms with Gasteiger partial charge in [0.25, 0.3) is 0 Å². The maximum atomic E-state index is 8.84. The minimum absolute atomic E-state index is 0.0383. The van der Waals surface area contributed by atoms with Crippen molar-refractivity contribution >= 4 is 12.9 Å². The van der Waals surface area contributed by atoms with E-state index in [2.05, 4.69) is 0 Å². The molecule has 2 rings (SSSR count). The van der Waals surface area contributed by atoms with Crippen molar-refractivity contribution in [1.82, 2.24) is 0 Å². The van der Waals surface area contributed by atoms with Crippen LogP contribution in [-0.4, -0.2) is 25.7 Å². The Labute approximate surface area is 71.2 Å². The smallest absolute Gasteiger partial charge is 0.304 e. The molecule has 62 valence electrons. The molecule has 0 aromatic heterocycles. The molecule has 1 aliphatic rings. The van der Waals surface area contributed by atoms with E-state index in [-0.39, 0.29) is 7.48 Å². The SMILES string of the molecule is OBc1ccc2c(c1)OCCO2. The summed E-state index contributed by atoms with van der Waals surface area (Å²) in [5.41, 5.74) is 0.847. The topological polar surface area (TPSA) is 38.7 Å². The van der Waals surface area contributed by atoms with E-state index in [1.165, 1.54) is 0 Å². The van der Waals surface area contributed by atoms with Gasteiger partial charge in [-0.05, 0) is 17.6 Å². The molecule has 1 heterocycles. The van der Waals surface area contributed by atoms with Crippen molar-refractivity contribution in [2.24, 2.45) is 0 Å². The fourth-order valence-electron chi connectivity index (χ4n) is 1.19. The molecule has 3 nitrogen and oxygen atoms in total. The third kappa shape index (κ3) is 1.25. The van der Waals surface area contributed by atoms with Crippen LogP contribution in [0, 0.1) is 0 Å². The number of hydrogen-bond acceptors (Lipinski definition) is 3. The average molecular weight is 164 g/mol. The van der Waals surface area contributed by atoms with Crippen molar-refractivity contribution in [2.45, 2.75) is 0 Å². The summed E-state index contributed by atoms with van der Waals surface area (Å²) in [6, 6.07) is 5.45. The molecule has 0 radical (unpaired) electrons. The van der Waals surface area contributed by atoms with Gasteiger partial charge in [-0.15, -0.1) is 0 Å². The van der Waals surface area contributed by atoms with Crippen molar-refractivity contribution < 1.29 is 14.5 Å². The monoisotopic (exact) mass is 164 g/mol. The number of ether oxygens (including phenoxy) is 2. The Balaban J connectivity index is 2.36. The summed E-state index contributed by atoms with van der Waals surface area (Å²) >= 11 is 0. The highest BCUT2D eigenvalue weighted by Crippen LogP contribution is 2.27. The summed E-state index contributed by atoms with van der Waals surface area (Å²) in [5, 5.41) is 8.84. The Bertz CT molecular complexity index is 288. The highest BCUT2D eigenvalue weighted by atomic mass is 16.6. The van der Waals surface area contributed by atoms with E-state index in [0.717, 1.165) is 17.0 Å². The molecular weight excluding hydrogens is 155 g/mol. The summed E-state index contributed by atoms with van der Waals surface area (Å²) in [5.74, 6) is 1.49. The van der Waals surface area contributed by atoms with Crippen LogP contribution in [-0.2, 0) is 0 Å². The number of rotatable bonds is 1. The van der Waals surface area contributed by atoms with E-state index in [1.54, 1.807) is 6.07 Å². The zero-order valence-electron chi connectivity index (χ0n) is 6.62. The average Bonchev–Trinajstić information content (AvgIpc) is 2.17. The van der Waals surface area contributed by atoms with E-state index in [9.17, 15) is 0 Å². The lowest BCUT2D eigenvalue weighted by atomic mass is 9.88. The van der Waals surface area contributed by atoms with Gasteiger partial charge in [0.15, 0.2) is 11.5 Å². The summed E-state index contributed by atoms with van der Waals surface area (Å²) in [7, 11) is 0.0383. The maximum absolute atomic E-state index is 8.84. The molecule has 1 aromatic carbocycles. The Morgan fingerprint density at radius 1 is 1.17 bits per heavy atom. The third-order valence-corrected chi connectivity index (χ3v) is 1.79. The first kappa shape index (κ1) is 7.49. The van der Waals surface area contributed by atoms with Gasteiger partial charge in [0.2, 0.25) is 0 Å². The Kier molecular flexibility index (Phi) is 1.92. The zero-order chi connectivity index (χ0) is 8.39. The normalized spacial score (nSPS) is 14.1. The van der Waals surface area contributed by atoms with Gasteiger partial charge >= 0.3 is 7.48 Å². The van der Waals surface area contributed by atoms with Crippen molar-refractivity contribution in [3.63, 3.8) is 0 Å². The fraction of sp³-hybridized carbons (Fsp3) is 0.250. The molecule has 1 N–H and O–H groups in total. The molecule has 1 aromatic rings. The molecule has 0 atom stereocenters. The molecule has 0 aliphatic carbocycles. The van der Waals surface area contributed by atoms with Crippen molar-refractivity contribution in [2.75, 3.05) is 13.2 Å². The second-order valence-electron chi connectivity index (χ2n) is 2.64. The number of benzene rings is 1. The highest BCUT2D eigenvalue weighted by Gasteiger charge is 2.11. The molecular formula is C8H9BO3. The van der Waals surface area contributed by atoms with Crippen LogP contribution in [0.3, 0.4) is 0 Å². The van der Waals surface area contributed by atoms with Gasteiger partial charge in [0, 0.05) is 0 Å². The van der Waals surface area contributed by atoms with Crippen LogP contribution >= 0.6 is 0 Å². The van der Waals surface area contributed by atoms with E-state index < -0.39 is 0 Å². The quantitative estimate of drug-likeness (QED) is 0.564. The predicted octanol–water partition coefficient (Wildman–Crippen LogP) is -0.573. The van der Waals surface area contributed by atoms with Crippen molar-refractivity contribution in [3.8, 4) is 11.5 Å². The van der Waals surface area contributed by atoms with Crippen LogP contribution in [0.5, 0.6) is 11.5 Å². The largest absolute Gasteiger partial charge is 0.486 e. The predicted molar refractivity (Wildman–Crippen MR) is 46.4 cm³/mol. The molecule has 0 bridgehead atoms. The minimum Gasteiger partial charge on any atom is -0.486 e. The summed E-state index contributed by atoms with van der Waals surface area (Å²) in [4.78, 5) is 0. The Hall–Kier alpha value is -1.16. The molecule has 12 heavy (non-hydrogen) atoms. The van der Waals surface area contributed by atoms with Crippen LogP contribution in [0.2, 0.25) is 0 Å². The lowest BCUT2D eigenvalue weighted by Gasteiger charge is -2.18. The van der Waals surface area contributed by atoms with Gasteiger partial charge in [-0.1, -0.05) is 6.07 Å². The maximum Gasteiger partial charge on any atom is 0.304 e. The van der Waals surface area contributed by atoms with Crippen LogP contribution in [0.4, 0.5) is 0 Å². The van der Waals surface area contributed by atoms with Crippen LogP contribution in [0.1, 0.15) is 0 Å². The van der Waals surface area contributed by atoms with Crippen LogP contribution in [0.25, 0.3) is 0 Å². The Morgan fingerprint density at radius 3 is 2.67 bits per heavy atom. The second-order valence-corrected chi connectivity index (χ2v) is 2.64. The molecule has 1 aliphatic heterocycles. The van der Waals surface area contributed by atoms with E-state index >= 15 is 0 Å². The molecule has 0 amide bonds. The van der Waals surface area contributed by atoms with Gasteiger partial charge in [0.1, 0.15) is 13.2 Å². The van der Waals surface area contributed by atoms with Gasteiger partial charge in [-0.2, -0.15) is 0 Å². The summed E-state index contributed by atoms with van der Waals surface area (Å²) in [6.07, 6.45) is 0. The summed E-state index contributed by atoms with van der Waals surface area (Å²) in [6.45, 7) is 1.19. The molecule has 0 spiro atoms. The van der Waals surface area contributed by atoms with E-state index in [4.69, 9.17) is 14.5 Å². The molecule has 0 saturated carbocycles. The first-order valence-electron chi connectivity index (χ1n) is 3.89. The second kappa shape index (κ2) is 3.07. The first-order chi connectivity index (χ1) is 5.90. The molecule has 0 fully saturated rings.